The van der Waals surface area contributed by atoms with Gasteiger partial charge in [0.2, 0.25) is 0 Å². The van der Waals surface area contributed by atoms with Gasteiger partial charge in [0.15, 0.2) is 6.61 Å². The van der Waals surface area contributed by atoms with Crippen LogP contribution >= 0.6 is 11.6 Å². The second kappa shape index (κ2) is 8.19. The first-order valence-corrected chi connectivity index (χ1v) is 7.40. The van der Waals surface area contributed by atoms with E-state index in [9.17, 15) is 4.79 Å². The minimum Gasteiger partial charge on any atom is -0.484 e. The molecule has 120 valence electrons. The molecule has 0 aliphatic heterocycles. The van der Waals surface area contributed by atoms with Gasteiger partial charge in [0, 0.05) is 24.8 Å². The van der Waals surface area contributed by atoms with Crippen LogP contribution in [0.2, 0.25) is 5.02 Å². The third-order valence-corrected chi connectivity index (χ3v) is 3.25. The third kappa shape index (κ3) is 5.64. The van der Waals surface area contributed by atoms with Gasteiger partial charge in [-0.15, -0.1) is 0 Å². The SMILES string of the molecule is CN(C)c1ccc(/C=N/NC(=O)COc2ccc(Cl)cc2)cc1. The molecule has 23 heavy (non-hydrogen) atoms. The number of carbonyl (C=O) groups excluding carboxylic acids is 1. The maximum absolute atomic E-state index is 11.6. The van der Waals surface area contributed by atoms with E-state index in [0.29, 0.717) is 10.8 Å². The molecule has 0 bridgehead atoms. The molecular formula is C17H18ClN3O2. The Kier molecular flexibility index (Phi) is 6.00. The lowest BCUT2D eigenvalue weighted by atomic mass is 10.2. The van der Waals surface area contributed by atoms with Gasteiger partial charge in [-0.3, -0.25) is 4.79 Å². The fourth-order valence-corrected chi connectivity index (χ4v) is 1.88. The Morgan fingerprint density at radius 3 is 2.43 bits per heavy atom. The summed E-state index contributed by atoms with van der Waals surface area (Å²) in [4.78, 5) is 13.6. The number of nitrogens with one attached hydrogen (secondary N) is 1. The number of carbonyl (C=O) groups is 1. The van der Waals surface area contributed by atoms with Crippen molar-refractivity contribution in [3.8, 4) is 5.75 Å². The van der Waals surface area contributed by atoms with Crippen molar-refractivity contribution in [3.05, 3.63) is 59.1 Å². The second-order valence-corrected chi connectivity index (χ2v) is 5.46. The first-order valence-electron chi connectivity index (χ1n) is 7.02. The molecule has 0 fully saturated rings. The summed E-state index contributed by atoms with van der Waals surface area (Å²) in [6.07, 6.45) is 1.58. The molecule has 0 saturated carbocycles. The van der Waals surface area contributed by atoms with E-state index < -0.39 is 0 Å². The lowest BCUT2D eigenvalue weighted by Gasteiger charge is -2.11. The highest BCUT2D eigenvalue weighted by Gasteiger charge is 2.01. The van der Waals surface area contributed by atoms with Crippen LogP contribution in [-0.4, -0.2) is 32.8 Å². The number of anilines is 1. The Labute approximate surface area is 140 Å². The number of halogens is 1. The molecule has 0 saturated heterocycles. The second-order valence-electron chi connectivity index (χ2n) is 5.02. The highest BCUT2D eigenvalue weighted by atomic mass is 35.5. The van der Waals surface area contributed by atoms with Crippen molar-refractivity contribution < 1.29 is 9.53 Å². The van der Waals surface area contributed by atoms with Gasteiger partial charge in [-0.05, 0) is 42.0 Å². The molecule has 2 rings (SSSR count). The Bertz CT molecular complexity index is 667. The van der Waals surface area contributed by atoms with Gasteiger partial charge in [-0.2, -0.15) is 5.10 Å². The Balaban J connectivity index is 1.78. The molecule has 0 radical (unpaired) electrons. The molecule has 0 aromatic heterocycles. The molecule has 2 aromatic rings. The zero-order valence-corrected chi connectivity index (χ0v) is 13.7. The van der Waals surface area contributed by atoms with E-state index in [2.05, 4.69) is 10.5 Å². The van der Waals surface area contributed by atoms with Gasteiger partial charge < -0.3 is 9.64 Å². The molecule has 0 aliphatic rings. The van der Waals surface area contributed by atoms with Gasteiger partial charge in [0.05, 0.1) is 6.21 Å². The number of amides is 1. The summed E-state index contributed by atoms with van der Waals surface area (Å²) in [7, 11) is 3.95. The minimum absolute atomic E-state index is 0.113. The first kappa shape index (κ1) is 16.8. The van der Waals surface area contributed by atoms with Crippen LogP contribution in [0.25, 0.3) is 0 Å². The summed E-state index contributed by atoms with van der Waals surface area (Å²) in [6.45, 7) is -0.113. The highest BCUT2D eigenvalue weighted by molar-refractivity contribution is 6.30. The number of nitrogens with zero attached hydrogens (tertiary/aromatic N) is 2. The van der Waals surface area contributed by atoms with Crippen LogP contribution in [0.15, 0.2) is 53.6 Å². The molecule has 0 heterocycles. The fraction of sp³-hybridized carbons (Fsp3) is 0.176. The van der Waals surface area contributed by atoms with Crippen LogP contribution in [0, 0.1) is 0 Å². The van der Waals surface area contributed by atoms with E-state index in [4.69, 9.17) is 16.3 Å². The predicted molar refractivity (Wildman–Crippen MR) is 93.5 cm³/mol. The lowest BCUT2D eigenvalue weighted by Crippen LogP contribution is -2.24. The normalized spacial score (nSPS) is 10.6. The average Bonchev–Trinajstić information content (AvgIpc) is 2.55. The summed E-state index contributed by atoms with van der Waals surface area (Å²) in [5.41, 5.74) is 4.42. The molecule has 6 heteroatoms. The fourth-order valence-electron chi connectivity index (χ4n) is 1.75. The minimum atomic E-state index is -0.332. The van der Waals surface area contributed by atoms with Crippen molar-refractivity contribution in [2.75, 3.05) is 25.6 Å². The molecule has 1 amide bonds. The topological polar surface area (TPSA) is 53.9 Å². The molecular weight excluding hydrogens is 314 g/mol. The number of hydrazone groups is 1. The van der Waals surface area contributed by atoms with Crippen LogP contribution in [0.4, 0.5) is 5.69 Å². The zero-order valence-electron chi connectivity index (χ0n) is 13.0. The Morgan fingerprint density at radius 2 is 1.83 bits per heavy atom. The molecule has 5 nitrogen and oxygen atoms in total. The Morgan fingerprint density at radius 1 is 1.17 bits per heavy atom. The largest absolute Gasteiger partial charge is 0.484 e. The van der Waals surface area contributed by atoms with Crippen molar-refractivity contribution in [1.82, 2.24) is 5.43 Å². The smallest absolute Gasteiger partial charge is 0.277 e. The summed E-state index contributed by atoms with van der Waals surface area (Å²) >= 11 is 5.77. The van der Waals surface area contributed by atoms with Crippen LogP contribution in [0.5, 0.6) is 5.75 Å². The van der Waals surface area contributed by atoms with E-state index in [-0.39, 0.29) is 12.5 Å². The van der Waals surface area contributed by atoms with Gasteiger partial charge >= 0.3 is 0 Å². The van der Waals surface area contributed by atoms with Crippen LogP contribution in [0.1, 0.15) is 5.56 Å². The van der Waals surface area contributed by atoms with Gasteiger partial charge in [0.25, 0.3) is 5.91 Å². The van der Waals surface area contributed by atoms with E-state index in [1.165, 1.54) is 0 Å². The number of ether oxygens (including phenoxy) is 1. The first-order chi connectivity index (χ1) is 11.0. The molecule has 0 aliphatic carbocycles. The summed E-state index contributed by atoms with van der Waals surface area (Å²) in [5, 5.41) is 4.52. The molecule has 0 unspecified atom stereocenters. The maximum atomic E-state index is 11.6. The van der Waals surface area contributed by atoms with E-state index >= 15 is 0 Å². The van der Waals surface area contributed by atoms with Gasteiger partial charge in [0.1, 0.15) is 5.75 Å². The monoisotopic (exact) mass is 331 g/mol. The van der Waals surface area contributed by atoms with Crippen molar-refractivity contribution >= 4 is 29.4 Å². The summed E-state index contributed by atoms with van der Waals surface area (Å²) in [6, 6.07) is 14.6. The Hall–Kier alpha value is -2.53. The van der Waals surface area contributed by atoms with E-state index in [1.54, 1.807) is 30.5 Å². The summed E-state index contributed by atoms with van der Waals surface area (Å²) in [5.74, 6) is 0.244. The standard InChI is InChI=1S/C17H18ClN3O2/c1-21(2)15-7-3-13(4-8-15)11-19-20-17(22)12-23-16-9-5-14(18)6-10-16/h3-11H,12H2,1-2H3,(H,20,22)/b19-11+. The van der Waals surface area contributed by atoms with Crippen molar-refractivity contribution in [1.29, 1.82) is 0 Å². The molecule has 0 spiro atoms. The lowest BCUT2D eigenvalue weighted by molar-refractivity contribution is -0.123. The van der Waals surface area contributed by atoms with Crippen molar-refractivity contribution in [2.24, 2.45) is 5.10 Å². The van der Waals surface area contributed by atoms with Crippen LogP contribution in [0.3, 0.4) is 0 Å². The molecule has 0 atom stereocenters. The number of hydrogen-bond acceptors (Lipinski definition) is 4. The van der Waals surface area contributed by atoms with E-state index in [0.717, 1.165) is 11.3 Å². The predicted octanol–water partition coefficient (Wildman–Crippen LogP) is 2.94. The highest BCUT2D eigenvalue weighted by Crippen LogP contribution is 2.15. The van der Waals surface area contributed by atoms with Gasteiger partial charge in [-0.25, -0.2) is 5.43 Å². The molecule has 1 N–H and O–H groups in total. The quantitative estimate of drug-likeness (QED) is 0.654. The van der Waals surface area contributed by atoms with Crippen LogP contribution in [-0.2, 0) is 4.79 Å². The average molecular weight is 332 g/mol. The molecule has 2 aromatic carbocycles. The summed E-state index contributed by atoms with van der Waals surface area (Å²) < 4.78 is 5.32. The number of hydrogen-bond donors (Lipinski definition) is 1. The zero-order chi connectivity index (χ0) is 16.7. The maximum Gasteiger partial charge on any atom is 0.277 e. The van der Waals surface area contributed by atoms with Crippen LogP contribution < -0.4 is 15.1 Å². The number of benzene rings is 2. The van der Waals surface area contributed by atoms with Crippen molar-refractivity contribution in [3.63, 3.8) is 0 Å². The van der Waals surface area contributed by atoms with Gasteiger partial charge in [-0.1, -0.05) is 23.7 Å². The van der Waals surface area contributed by atoms with E-state index in [1.807, 2.05) is 43.3 Å². The number of rotatable bonds is 6. The van der Waals surface area contributed by atoms with Crippen molar-refractivity contribution in [2.45, 2.75) is 0 Å². The third-order valence-electron chi connectivity index (χ3n) is 3.00.